The molecular formula is C18H22BrNO3. The van der Waals surface area contributed by atoms with E-state index in [-0.39, 0.29) is 6.61 Å². The second kappa shape index (κ2) is 9.55. The van der Waals surface area contributed by atoms with Gasteiger partial charge in [0.2, 0.25) is 0 Å². The minimum Gasteiger partial charge on any atom is -0.493 e. The van der Waals surface area contributed by atoms with Crippen LogP contribution in [0.2, 0.25) is 0 Å². The summed E-state index contributed by atoms with van der Waals surface area (Å²) in [7, 11) is 1.64. The summed E-state index contributed by atoms with van der Waals surface area (Å²) >= 11 is 3.56. The number of ether oxygens (including phenoxy) is 2. The third kappa shape index (κ3) is 5.53. The number of aliphatic hydroxyl groups excluding tert-OH is 1. The molecule has 2 rings (SSSR count). The highest BCUT2D eigenvalue weighted by Crippen LogP contribution is 2.37. The normalized spacial score (nSPS) is 10.6. The second-order valence-corrected chi connectivity index (χ2v) is 5.99. The Bertz CT molecular complexity index is 605. The zero-order valence-corrected chi connectivity index (χ0v) is 14.8. The number of halogens is 1. The molecule has 0 saturated heterocycles. The van der Waals surface area contributed by atoms with Crippen molar-refractivity contribution in [2.75, 3.05) is 20.3 Å². The molecule has 2 N–H and O–H groups in total. The van der Waals surface area contributed by atoms with Crippen LogP contribution in [0.25, 0.3) is 0 Å². The third-order valence-electron chi connectivity index (χ3n) is 3.36. The number of hydrogen-bond acceptors (Lipinski definition) is 4. The lowest BCUT2D eigenvalue weighted by Crippen LogP contribution is -2.15. The molecule has 0 aliphatic heterocycles. The predicted octanol–water partition coefficient (Wildman–Crippen LogP) is 3.51. The monoisotopic (exact) mass is 379 g/mol. The Balaban J connectivity index is 2.04. The maximum absolute atomic E-state index is 8.80. The Hall–Kier alpha value is -1.56. The van der Waals surface area contributed by atoms with Gasteiger partial charge in [0.1, 0.15) is 6.61 Å². The van der Waals surface area contributed by atoms with Gasteiger partial charge in [0.05, 0.1) is 11.6 Å². The summed E-state index contributed by atoms with van der Waals surface area (Å²) in [4.78, 5) is 0. The van der Waals surface area contributed by atoms with E-state index in [0.29, 0.717) is 24.7 Å². The molecule has 0 unspecified atom stereocenters. The maximum atomic E-state index is 8.80. The molecule has 2 aromatic rings. The van der Waals surface area contributed by atoms with Gasteiger partial charge in [-0.25, -0.2) is 0 Å². The van der Waals surface area contributed by atoms with Crippen molar-refractivity contribution < 1.29 is 14.6 Å². The molecule has 0 atom stereocenters. The van der Waals surface area contributed by atoms with Gasteiger partial charge in [-0.15, -0.1) is 0 Å². The molecule has 0 amide bonds. The van der Waals surface area contributed by atoms with E-state index >= 15 is 0 Å². The Labute approximate surface area is 145 Å². The van der Waals surface area contributed by atoms with Crippen LogP contribution in [0.4, 0.5) is 0 Å². The fourth-order valence-electron chi connectivity index (χ4n) is 2.18. The van der Waals surface area contributed by atoms with E-state index in [1.165, 1.54) is 0 Å². The fraction of sp³-hybridized carbons (Fsp3) is 0.333. The number of benzene rings is 2. The molecule has 0 fully saturated rings. The molecule has 0 heterocycles. The van der Waals surface area contributed by atoms with E-state index < -0.39 is 0 Å². The quantitative estimate of drug-likeness (QED) is 0.654. The molecule has 0 saturated carbocycles. The van der Waals surface area contributed by atoms with Gasteiger partial charge < -0.3 is 19.9 Å². The van der Waals surface area contributed by atoms with Crippen LogP contribution >= 0.6 is 15.9 Å². The first kappa shape index (κ1) is 17.8. The minimum absolute atomic E-state index is 0.201. The lowest BCUT2D eigenvalue weighted by molar-refractivity contribution is 0.282. The summed E-state index contributed by atoms with van der Waals surface area (Å²) in [5.41, 5.74) is 2.20. The lowest BCUT2D eigenvalue weighted by atomic mass is 10.2. The van der Waals surface area contributed by atoms with Crippen LogP contribution in [0.3, 0.4) is 0 Å². The fourth-order valence-corrected chi connectivity index (χ4v) is 2.79. The summed E-state index contributed by atoms with van der Waals surface area (Å²) < 4.78 is 12.2. The number of nitrogens with one attached hydrogen (secondary N) is 1. The summed E-state index contributed by atoms with van der Waals surface area (Å²) in [5, 5.41) is 12.1. The first-order chi connectivity index (χ1) is 11.2. The van der Waals surface area contributed by atoms with Crippen molar-refractivity contribution in [3.8, 4) is 11.5 Å². The van der Waals surface area contributed by atoms with Crippen LogP contribution in [-0.4, -0.2) is 25.4 Å². The molecule has 0 aliphatic rings. The Kier molecular flexibility index (Phi) is 7.39. The van der Waals surface area contributed by atoms with Gasteiger partial charge in [0, 0.05) is 13.2 Å². The molecule has 5 heteroatoms. The van der Waals surface area contributed by atoms with E-state index in [1.54, 1.807) is 7.11 Å². The number of hydrogen-bond donors (Lipinski definition) is 2. The largest absolute Gasteiger partial charge is 0.493 e. The first-order valence-electron chi connectivity index (χ1n) is 7.59. The van der Waals surface area contributed by atoms with Crippen molar-refractivity contribution in [1.29, 1.82) is 0 Å². The number of methoxy groups -OCH3 is 1. The molecule has 0 radical (unpaired) electrons. The zero-order chi connectivity index (χ0) is 16.5. The average Bonchev–Trinajstić information content (AvgIpc) is 2.58. The molecule has 0 spiro atoms. The van der Waals surface area contributed by atoms with Crippen molar-refractivity contribution in [1.82, 2.24) is 5.32 Å². The van der Waals surface area contributed by atoms with Crippen molar-refractivity contribution in [2.45, 2.75) is 19.6 Å². The predicted molar refractivity (Wildman–Crippen MR) is 94.9 cm³/mol. The first-order valence-corrected chi connectivity index (χ1v) is 8.38. The lowest BCUT2D eigenvalue weighted by Gasteiger charge is -2.15. The van der Waals surface area contributed by atoms with Gasteiger partial charge in [-0.3, -0.25) is 0 Å². The average molecular weight is 380 g/mol. The van der Waals surface area contributed by atoms with Gasteiger partial charge in [-0.1, -0.05) is 30.3 Å². The van der Waals surface area contributed by atoms with Gasteiger partial charge in [-0.2, -0.15) is 0 Å². The Morgan fingerprint density at radius 2 is 1.91 bits per heavy atom. The van der Waals surface area contributed by atoms with Gasteiger partial charge >= 0.3 is 0 Å². The van der Waals surface area contributed by atoms with Gasteiger partial charge in [-0.05, 0) is 52.2 Å². The van der Waals surface area contributed by atoms with Crippen LogP contribution < -0.4 is 14.8 Å². The standard InChI is InChI=1S/C18H22BrNO3/c1-22-17-11-15(12-20-8-5-9-21)10-16(19)18(17)23-13-14-6-3-2-4-7-14/h2-4,6-7,10-11,20-21H,5,8-9,12-13H2,1H3. The molecule has 4 nitrogen and oxygen atoms in total. The van der Waals surface area contributed by atoms with Gasteiger partial charge in [0.15, 0.2) is 11.5 Å². The van der Waals surface area contributed by atoms with Crippen molar-refractivity contribution in [3.63, 3.8) is 0 Å². The maximum Gasteiger partial charge on any atom is 0.175 e. The van der Waals surface area contributed by atoms with E-state index in [2.05, 4.69) is 21.2 Å². The molecular weight excluding hydrogens is 358 g/mol. The molecule has 124 valence electrons. The highest BCUT2D eigenvalue weighted by Gasteiger charge is 2.12. The van der Waals surface area contributed by atoms with Crippen molar-refractivity contribution >= 4 is 15.9 Å². The van der Waals surface area contributed by atoms with E-state index in [0.717, 1.165) is 28.6 Å². The summed E-state index contributed by atoms with van der Waals surface area (Å²) in [6.45, 7) is 2.19. The Morgan fingerprint density at radius 3 is 2.61 bits per heavy atom. The van der Waals surface area contributed by atoms with E-state index in [9.17, 15) is 0 Å². The highest BCUT2D eigenvalue weighted by atomic mass is 79.9. The van der Waals surface area contributed by atoms with Crippen molar-refractivity contribution in [3.05, 3.63) is 58.1 Å². The zero-order valence-electron chi connectivity index (χ0n) is 13.2. The SMILES string of the molecule is COc1cc(CNCCCO)cc(Br)c1OCc1ccccc1. The van der Waals surface area contributed by atoms with Crippen LogP contribution in [0.1, 0.15) is 17.5 Å². The van der Waals surface area contributed by atoms with E-state index in [1.807, 2.05) is 42.5 Å². The Morgan fingerprint density at radius 1 is 1.13 bits per heavy atom. The highest BCUT2D eigenvalue weighted by molar-refractivity contribution is 9.10. The number of aliphatic hydroxyl groups is 1. The third-order valence-corrected chi connectivity index (χ3v) is 3.95. The summed E-state index contributed by atoms with van der Waals surface area (Å²) in [6, 6.07) is 14.0. The van der Waals surface area contributed by atoms with Gasteiger partial charge in [0.25, 0.3) is 0 Å². The molecule has 0 aliphatic carbocycles. The van der Waals surface area contributed by atoms with Crippen LogP contribution in [-0.2, 0) is 13.2 Å². The molecule has 23 heavy (non-hydrogen) atoms. The smallest absolute Gasteiger partial charge is 0.175 e. The molecule has 0 aromatic heterocycles. The summed E-state index contributed by atoms with van der Waals surface area (Å²) in [6.07, 6.45) is 0.747. The van der Waals surface area contributed by atoms with Crippen LogP contribution in [0, 0.1) is 0 Å². The minimum atomic E-state index is 0.201. The molecule has 0 bridgehead atoms. The van der Waals surface area contributed by atoms with Crippen molar-refractivity contribution in [2.24, 2.45) is 0 Å². The summed E-state index contributed by atoms with van der Waals surface area (Å²) in [5.74, 6) is 1.41. The van der Waals surface area contributed by atoms with Crippen LogP contribution in [0.5, 0.6) is 11.5 Å². The van der Waals surface area contributed by atoms with E-state index in [4.69, 9.17) is 14.6 Å². The molecule has 2 aromatic carbocycles. The number of rotatable bonds is 9. The van der Waals surface area contributed by atoms with Crippen LogP contribution in [0.15, 0.2) is 46.9 Å². The second-order valence-electron chi connectivity index (χ2n) is 5.14. The topological polar surface area (TPSA) is 50.7 Å².